The third-order valence-corrected chi connectivity index (χ3v) is 5.32. The first kappa shape index (κ1) is 19.5. The second kappa shape index (κ2) is 8.27. The third kappa shape index (κ3) is 4.29. The van der Waals surface area contributed by atoms with E-state index in [2.05, 4.69) is 27.7 Å². The Labute approximate surface area is 172 Å². The van der Waals surface area contributed by atoms with Crippen molar-refractivity contribution < 1.29 is 14.2 Å². The summed E-state index contributed by atoms with van der Waals surface area (Å²) in [7, 11) is 0. The lowest BCUT2D eigenvalue weighted by atomic mass is 10.1. The smallest absolute Gasteiger partial charge is 0.217 e. The largest absolute Gasteiger partial charge is 0.475 e. The van der Waals surface area contributed by atoms with Crippen molar-refractivity contribution in [1.82, 2.24) is 0 Å². The fourth-order valence-electron chi connectivity index (χ4n) is 3.33. The van der Waals surface area contributed by atoms with Gasteiger partial charge in [0.2, 0.25) is 11.8 Å². The zero-order valence-corrected chi connectivity index (χ0v) is 17.5. The van der Waals surface area contributed by atoms with Crippen LogP contribution in [0.4, 0.5) is 0 Å². The molecule has 0 saturated heterocycles. The standard InChI is InChI=1S/C24H28N2O3/c1-15(2)21-13-27-23(25-21)19-11-10-18(29-17-8-6-5-7-9-17)12-20(19)24-26-22(14-28-24)16(3)4/h5-12,15-16,21-22H,13-14H2,1-4H3. The first-order valence-electron chi connectivity index (χ1n) is 10.3. The Morgan fingerprint density at radius 3 is 1.90 bits per heavy atom. The van der Waals surface area contributed by atoms with Crippen LogP contribution >= 0.6 is 0 Å². The van der Waals surface area contributed by atoms with Gasteiger partial charge in [0.25, 0.3) is 0 Å². The fraction of sp³-hybridized carbons (Fsp3) is 0.417. The summed E-state index contributed by atoms with van der Waals surface area (Å²) >= 11 is 0. The molecule has 0 aromatic heterocycles. The van der Waals surface area contributed by atoms with Crippen LogP contribution in [0.25, 0.3) is 0 Å². The molecule has 0 saturated carbocycles. The lowest BCUT2D eigenvalue weighted by Crippen LogP contribution is -2.13. The van der Waals surface area contributed by atoms with Crippen LogP contribution in [0.2, 0.25) is 0 Å². The van der Waals surface area contributed by atoms with Gasteiger partial charge in [0.15, 0.2) is 0 Å². The number of para-hydroxylation sites is 1. The monoisotopic (exact) mass is 392 g/mol. The van der Waals surface area contributed by atoms with Crippen LogP contribution in [-0.2, 0) is 9.47 Å². The fourth-order valence-corrected chi connectivity index (χ4v) is 3.33. The minimum absolute atomic E-state index is 0.159. The summed E-state index contributed by atoms with van der Waals surface area (Å²) in [5.74, 6) is 3.66. The number of hydrogen-bond donors (Lipinski definition) is 0. The average Bonchev–Trinajstić information content (AvgIpc) is 3.39. The van der Waals surface area contributed by atoms with Crippen molar-refractivity contribution in [2.45, 2.75) is 39.8 Å². The van der Waals surface area contributed by atoms with Crippen LogP contribution in [0.3, 0.4) is 0 Å². The molecule has 5 nitrogen and oxygen atoms in total. The molecule has 0 radical (unpaired) electrons. The number of ether oxygens (including phenoxy) is 3. The number of hydrogen-bond acceptors (Lipinski definition) is 5. The van der Waals surface area contributed by atoms with Gasteiger partial charge in [0, 0.05) is 5.56 Å². The quantitative estimate of drug-likeness (QED) is 0.689. The molecule has 2 aromatic rings. The van der Waals surface area contributed by atoms with E-state index in [-0.39, 0.29) is 12.1 Å². The molecule has 2 unspecified atom stereocenters. The molecule has 2 atom stereocenters. The van der Waals surface area contributed by atoms with E-state index in [0.29, 0.717) is 36.8 Å². The zero-order valence-electron chi connectivity index (χ0n) is 17.5. The van der Waals surface area contributed by atoms with Crippen LogP contribution in [0.5, 0.6) is 11.5 Å². The highest BCUT2D eigenvalue weighted by molar-refractivity contribution is 6.08. The van der Waals surface area contributed by atoms with E-state index in [9.17, 15) is 0 Å². The van der Waals surface area contributed by atoms with Gasteiger partial charge in [-0.2, -0.15) is 0 Å². The van der Waals surface area contributed by atoms with Crippen molar-refractivity contribution in [3.8, 4) is 11.5 Å². The molecular formula is C24H28N2O3. The highest BCUT2D eigenvalue weighted by atomic mass is 16.5. The highest BCUT2D eigenvalue weighted by Crippen LogP contribution is 2.29. The number of rotatable bonds is 6. The molecule has 2 aliphatic heterocycles. The third-order valence-electron chi connectivity index (χ3n) is 5.32. The van der Waals surface area contributed by atoms with Gasteiger partial charge < -0.3 is 14.2 Å². The number of nitrogens with zero attached hydrogens (tertiary/aromatic N) is 2. The summed E-state index contributed by atoms with van der Waals surface area (Å²) in [5.41, 5.74) is 1.77. The van der Waals surface area contributed by atoms with E-state index in [1.807, 2.05) is 48.5 Å². The van der Waals surface area contributed by atoms with Crippen molar-refractivity contribution in [2.24, 2.45) is 21.8 Å². The van der Waals surface area contributed by atoms with Crippen molar-refractivity contribution >= 4 is 11.8 Å². The molecule has 0 aliphatic carbocycles. The molecule has 0 fully saturated rings. The summed E-state index contributed by atoms with van der Waals surface area (Å²) in [6, 6.07) is 16.0. The summed E-state index contributed by atoms with van der Waals surface area (Å²) in [6.07, 6.45) is 0. The lowest BCUT2D eigenvalue weighted by Gasteiger charge is -2.12. The Kier molecular flexibility index (Phi) is 5.56. The van der Waals surface area contributed by atoms with Gasteiger partial charge in [-0.15, -0.1) is 0 Å². The summed E-state index contributed by atoms with van der Waals surface area (Å²) in [5, 5.41) is 0. The minimum atomic E-state index is 0.159. The predicted octanol–water partition coefficient (Wildman–Crippen LogP) is 5.08. The van der Waals surface area contributed by atoms with Gasteiger partial charge in [0.05, 0.1) is 17.6 Å². The Morgan fingerprint density at radius 1 is 0.759 bits per heavy atom. The molecule has 0 bridgehead atoms. The summed E-state index contributed by atoms with van der Waals surface area (Å²) in [4.78, 5) is 9.62. The lowest BCUT2D eigenvalue weighted by molar-refractivity contribution is 0.289. The van der Waals surface area contributed by atoms with Gasteiger partial charge in [-0.25, -0.2) is 9.98 Å². The van der Waals surface area contributed by atoms with Crippen LogP contribution in [0.15, 0.2) is 58.5 Å². The Bertz CT molecular complexity index is 919. The normalized spacial score (nSPS) is 21.0. The molecule has 2 aliphatic rings. The molecule has 0 spiro atoms. The van der Waals surface area contributed by atoms with Crippen LogP contribution in [0.1, 0.15) is 38.8 Å². The maximum absolute atomic E-state index is 6.04. The molecule has 0 N–H and O–H groups in total. The molecule has 4 rings (SSSR count). The molecule has 2 heterocycles. The Morgan fingerprint density at radius 2 is 1.34 bits per heavy atom. The first-order valence-corrected chi connectivity index (χ1v) is 10.3. The number of benzene rings is 2. The number of aliphatic imine (C=N–C) groups is 2. The molecule has 152 valence electrons. The van der Waals surface area contributed by atoms with E-state index in [1.54, 1.807) is 0 Å². The van der Waals surface area contributed by atoms with Crippen LogP contribution < -0.4 is 4.74 Å². The van der Waals surface area contributed by atoms with Gasteiger partial charge in [0.1, 0.15) is 24.7 Å². The molecule has 29 heavy (non-hydrogen) atoms. The molecular weight excluding hydrogens is 364 g/mol. The van der Waals surface area contributed by atoms with Gasteiger partial charge >= 0.3 is 0 Å². The minimum Gasteiger partial charge on any atom is -0.475 e. The predicted molar refractivity (Wildman–Crippen MR) is 115 cm³/mol. The van der Waals surface area contributed by atoms with Crippen LogP contribution in [0, 0.1) is 11.8 Å². The van der Waals surface area contributed by atoms with Crippen molar-refractivity contribution in [3.05, 3.63) is 59.7 Å². The van der Waals surface area contributed by atoms with E-state index < -0.39 is 0 Å². The highest BCUT2D eigenvalue weighted by Gasteiger charge is 2.29. The van der Waals surface area contributed by atoms with Gasteiger partial charge in [-0.05, 0) is 42.2 Å². The van der Waals surface area contributed by atoms with E-state index in [0.717, 1.165) is 22.6 Å². The Hall–Kier alpha value is -2.82. The second-order valence-electron chi connectivity index (χ2n) is 8.24. The maximum atomic E-state index is 6.04. The maximum Gasteiger partial charge on any atom is 0.217 e. The van der Waals surface area contributed by atoms with E-state index >= 15 is 0 Å². The zero-order chi connectivity index (χ0) is 20.4. The summed E-state index contributed by atoms with van der Waals surface area (Å²) in [6.45, 7) is 9.85. The van der Waals surface area contributed by atoms with Crippen molar-refractivity contribution in [1.29, 1.82) is 0 Å². The van der Waals surface area contributed by atoms with E-state index in [1.165, 1.54) is 0 Å². The van der Waals surface area contributed by atoms with E-state index in [4.69, 9.17) is 24.2 Å². The molecule has 0 amide bonds. The SMILES string of the molecule is CC(C)C1COC(c2ccc(Oc3ccccc3)cc2C2=NC(C(C)C)CO2)=N1. The molecule has 2 aromatic carbocycles. The topological polar surface area (TPSA) is 52.4 Å². The van der Waals surface area contributed by atoms with Gasteiger partial charge in [-0.3, -0.25) is 0 Å². The Balaban J connectivity index is 1.71. The average molecular weight is 392 g/mol. The summed E-state index contributed by atoms with van der Waals surface area (Å²) < 4.78 is 18.0. The first-order chi connectivity index (χ1) is 14.0. The van der Waals surface area contributed by atoms with Crippen molar-refractivity contribution in [3.63, 3.8) is 0 Å². The molecule has 5 heteroatoms. The van der Waals surface area contributed by atoms with Crippen molar-refractivity contribution in [2.75, 3.05) is 13.2 Å². The van der Waals surface area contributed by atoms with Gasteiger partial charge in [-0.1, -0.05) is 45.9 Å². The second-order valence-corrected chi connectivity index (χ2v) is 8.24. The van der Waals surface area contributed by atoms with Crippen LogP contribution in [-0.4, -0.2) is 37.1 Å².